The first-order valence-corrected chi connectivity index (χ1v) is 9.91. The molecule has 1 aromatic carbocycles. The summed E-state index contributed by atoms with van der Waals surface area (Å²) in [6.45, 7) is 2.40. The second-order valence-corrected chi connectivity index (χ2v) is 7.67. The van der Waals surface area contributed by atoms with Gasteiger partial charge in [-0.2, -0.15) is 0 Å². The molecule has 4 rings (SSSR count). The SMILES string of the molecule is NC(=O)c1ccsc1NC(=O)C[NH+]1CCC[C@@H]1c1ccc2c(c1)OCCO2. The number of rotatable bonds is 5. The number of primary amides is 1. The van der Waals surface area contributed by atoms with Crippen molar-refractivity contribution in [3.05, 3.63) is 40.8 Å². The number of carbonyl (C=O) groups excluding carboxylic acids is 2. The maximum absolute atomic E-state index is 12.5. The molecule has 0 saturated carbocycles. The Kier molecular flexibility index (Phi) is 5.00. The van der Waals surface area contributed by atoms with Gasteiger partial charge in [0.05, 0.1) is 12.1 Å². The van der Waals surface area contributed by atoms with Crippen molar-refractivity contribution < 1.29 is 24.0 Å². The van der Waals surface area contributed by atoms with Crippen molar-refractivity contribution in [1.82, 2.24) is 0 Å². The molecule has 0 spiro atoms. The summed E-state index contributed by atoms with van der Waals surface area (Å²) >= 11 is 1.30. The van der Waals surface area contributed by atoms with Gasteiger partial charge in [-0.25, -0.2) is 0 Å². The van der Waals surface area contributed by atoms with E-state index in [1.807, 2.05) is 12.1 Å². The van der Waals surface area contributed by atoms with E-state index < -0.39 is 5.91 Å². The second kappa shape index (κ2) is 7.58. The van der Waals surface area contributed by atoms with E-state index in [1.165, 1.54) is 16.2 Å². The van der Waals surface area contributed by atoms with Gasteiger partial charge in [0, 0.05) is 18.4 Å². The number of hydrogen-bond acceptors (Lipinski definition) is 5. The van der Waals surface area contributed by atoms with Gasteiger partial charge in [-0.1, -0.05) is 0 Å². The van der Waals surface area contributed by atoms with E-state index in [2.05, 4.69) is 11.4 Å². The van der Waals surface area contributed by atoms with Crippen molar-refractivity contribution in [1.29, 1.82) is 0 Å². The topological polar surface area (TPSA) is 95.1 Å². The molecular weight excluding hydrogens is 366 g/mol. The van der Waals surface area contributed by atoms with Gasteiger partial charge < -0.3 is 25.4 Å². The fourth-order valence-electron chi connectivity index (χ4n) is 3.78. The third-order valence-corrected chi connectivity index (χ3v) is 5.85. The molecule has 1 saturated heterocycles. The van der Waals surface area contributed by atoms with Crippen molar-refractivity contribution >= 4 is 28.2 Å². The number of carbonyl (C=O) groups is 2. The fourth-order valence-corrected chi connectivity index (χ4v) is 4.59. The zero-order chi connectivity index (χ0) is 18.8. The first-order chi connectivity index (χ1) is 13.1. The molecule has 4 N–H and O–H groups in total. The van der Waals surface area contributed by atoms with Crippen LogP contribution in [0.3, 0.4) is 0 Å². The second-order valence-electron chi connectivity index (χ2n) is 6.76. The van der Waals surface area contributed by atoms with Gasteiger partial charge in [-0.15, -0.1) is 11.3 Å². The summed E-state index contributed by atoms with van der Waals surface area (Å²) in [7, 11) is 0. The maximum Gasteiger partial charge on any atom is 0.280 e. The Labute approximate surface area is 161 Å². The average molecular weight is 388 g/mol. The molecule has 2 amide bonds. The predicted octanol–water partition coefficient (Wildman–Crippen LogP) is 0.977. The number of fused-ring (bicyclic) bond motifs is 1. The van der Waals surface area contributed by atoms with E-state index in [0.29, 0.717) is 30.3 Å². The van der Waals surface area contributed by atoms with Gasteiger partial charge in [0.15, 0.2) is 18.0 Å². The Balaban J connectivity index is 1.45. The zero-order valence-electron chi connectivity index (χ0n) is 14.8. The molecule has 0 bridgehead atoms. The molecule has 0 aliphatic carbocycles. The minimum absolute atomic E-state index is 0.112. The standard InChI is InChI=1S/C19H21N3O4S/c20-18(24)13-5-9-27-19(13)21-17(23)11-22-6-1-2-14(22)12-3-4-15-16(10-12)26-8-7-25-15/h3-5,9-10,14H,1-2,6-8,11H2,(H2,20,24)(H,21,23)/p+1/t14-/m1/s1. The average Bonchev–Trinajstić information content (AvgIpc) is 3.30. The van der Waals surface area contributed by atoms with Gasteiger partial charge in [0.2, 0.25) is 0 Å². The molecule has 2 atom stereocenters. The number of hydrogen-bond donors (Lipinski definition) is 3. The Hall–Kier alpha value is -2.58. The van der Waals surface area contributed by atoms with Gasteiger partial charge in [-0.05, 0) is 29.6 Å². The first-order valence-electron chi connectivity index (χ1n) is 9.03. The summed E-state index contributed by atoms with van der Waals surface area (Å²) in [6, 6.07) is 7.91. The molecule has 8 heteroatoms. The Morgan fingerprint density at radius 2 is 2.04 bits per heavy atom. The molecule has 2 aromatic rings. The molecule has 2 aliphatic heterocycles. The molecule has 27 heavy (non-hydrogen) atoms. The number of nitrogens with two attached hydrogens (primary N) is 1. The van der Waals surface area contributed by atoms with E-state index in [1.54, 1.807) is 11.4 Å². The quantitative estimate of drug-likeness (QED) is 0.712. The molecule has 1 fully saturated rings. The lowest BCUT2D eigenvalue weighted by Crippen LogP contribution is -3.11. The summed E-state index contributed by atoms with van der Waals surface area (Å²) in [5, 5.41) is 5.10. The highest BCUT2D eigenvalue weighted by molar-refractivity contribution is 7.14. The normalized spacial score (nSPS) is 21.0. The van der Waals surface area contributed by atoms with Crippen molar-refractivity contribution in [3.8, 4) is 11.5 Å². The van der Waals surface area contributed by atoms with Gasteiger partial charge in [-0.3, -0.25) is 9.59 Å². The maximum atomic E-state index is 12.5. The first kappa shape index (κ1) is 17.8. The Morgan fingerprint density at radius 1 is 1.22 bits per heavy atom. The van der Waals surface area contributed by atoms with Crippen LogP contribution in [0.2, 0.25) is 0 Å². The lowest BCUT2D eigenvalue weighted by molar-refractivity contribution is -0.910. The fraction of sp³-hybridized carbons (Fsp3) is 0.368. The summed E-state index contributed by atoms with van der Waals surface area (Å²) < 4.78 is 11.3. The highest BCUT2D eigenvalue weighted by Crippen LogP contribution is 2.33. The molecule has 1 aromatic heterocycles. The van der Waals surface area contributed by atoms with Crippen molar-refractivity contribution in [2.75, 3.05) is 31.6 Å². The van der Waals surface area contributed by atoms with E-state index in [-0.39, 0.29) is 11.9 Å². The number of ether oxygens (including phenoxy) is 2. The van der Waals surface area contributed by atoms with Gasteiger partial charge >= 0.3 is 0 Å². The summed E-state index contributed by atoms with van der Waals surface area (Å²) in [4.78, 5) is 25.2. The molecule has 3 heterocycles. The van der Waals surface area contributed by atoms with Crippen LogP contribution in [0.1, 0.15) is 34.8 Å². The van der Waals surface area contributed by atoms with Crippen LogP contribution >= 0.6 is 11.3 Å². The van der Waals surface area contributed by atoms with Crippen molar-refractivity contribution in [2.45, 2.75) is 18.9 Å². The van der Waals surface area contributed by atoms with Crippen molar-refractivity contribution in [2.24, 2.45) is 5.73 Å². The van der Waals surface area contributed by atoms with Crippen LogP contribution in [0.25, 0.3) is 0 Å². The van der Waals surface area contributed by atoms with E-state index in [0.717, 1.165) is 36.4 Å². The summed E-state index contributed by atoms with van der Waals surface area (Å²) in [5.74, 6) is 0.909. The summed E-state index contributed by atoms with van der Waals surface area (Å²) in [6.07, 6.45) is 2.08. The molecule has 1 unspecified atom stereocenters. The van der Waals surface area contributed by atoms with E-state index in [9.17, 15) is 9.59 Å². The van der Waals surface area contributed by atoms with Crippen molar-refractivity contribution in [3.63, 3.8) is 0 Å². The number of benzene rings is 1. The third-order valence-electron chi connectivity index (χ3n) is 5.02. The number of amides is 2. The molecule has 0 radical (unpaired) electrons. The van der Waals surface area contributed by atoms with E-state index in [4.69, 9.17) is 15.2 Å². The predicted molar refractivity (Wildman–Crippen MR) is 102 cm³/mol. The van der Waals surface area contributed by atoms with Crippen LogP contribution in [0.15, 0.2) is 29.6 Å². The lowest BCUT2D eigenvalue weighted by atomic mass is 10.0. The van der Waals surface area contributed by atoms with Crippen LogP contribution in [-0.4, -0.2) is 38.1 Å². The molecule has 142 valence electrons. The molecule has 7 nitrogen and oxygen atoms in total. The minimum atomic E-state index is -0.533. The minimum Gasteiger partial charge on any atom is -0.486 e. The lowest BCUT2D eigenvalue weighted by Gasteiger charge is -2.24. The smallest absolute Gasteiger partial charge is 0.280 e. The Morgan fingerprint density at radius 3 is 2.85 bits per heavy atom. The molecule has 2 aliphatic rings. The number of quaternary nitrogens is 1. The highest BCUT2D eigenvalue weighted by atomic mass is 32.1. The van der Waals surface area contributed by atoms with Crippen LogP contribution in [-0.2, 0) is 4.79 Å². The largest absolute Gasteiger partial charge is 0.486 e. The Bertz CT molecular complexity index is 866. The zero-order valence-corrected chi connectivity index (χ0v) is 15.6. The number of anilines is 1. The molecular formula is C19H22N3O4S+. The van der Waals surface area contributed by atoms with Gasteiger partial charge in [0.1, 0.15) is 24.3 Å². The number of likely N-dealkylation sites (tertiary alicyclic amines) is 1. The van der Waals surface area contributed by atoms with Crippen LogP contribution in [0.4, 0.5) is 5.00 Å². The highest BCUT2D eigenvalue weighted by Gasteiger charge is 2.32. The van der Waals surface area contributed by atoms with Gasteiger partial charge in [0.25, 0.3) is 11.8 Å². The number of nitrogens with one attached hydrogen (secondary N) is 2. The van der Waals surface area contributed by atoms with Crippen LogP contribution in [0, 0.1) is 0 Å². The van der Waals surface area contributed by atoms with E-state index >= 15 is 0 Å². The third kappa shape index (κ3) is 3.77. The monoisotopic (exact) mass is 388 g/mol. The summed E-state index contributed by atoms with van der Waals surface area (Å²) in [5.41, 5.74) is 6.86. The van der Waals surface area contributed by atoms with Crippen LogP contribution in [0.5, 0.6) is 11.5 Å². The van der Waals surface area contributed by atoms with Crippen LogP contribution < -0.4 is 25.4 Å². The number of thiophene rings is 1.